The first kappa shape index (κ1) is 17.7. The van der Waals surface area contributed by atoms with Crippen LogP contribution in [0.5, 0.6) is 0 Å². The second-order valence-corrected chi connectivity index (χ2v) is 7.35. The Balaban J connectivity index is 1.82. The van der Waals surface area contributed by atoms with E-state index in [1.165, 1.54) is 5.56 Å². The summed E-state index contributed by atoms with van der Waals surface area (Å²) >= 11 is 0. The van der Waals surface area contributed by atoms with Crippen LogP contribution in [0.15, 0.2) is 47.2 Å². The number of hydrogen-bond acceptors (Lipinski definition) is 5. The number of anilines is 1. The van der Waals surface area contributed by atoms with Gasteiger partial charge in [-0.1, -0.05) is 29.8 Å². The molecule has 3 aromatic rings. The molecule has 1 fully saturated rings. The Hall–Kier alpha value is -2.66. The molecule has 0 N–H and O–H groups in total. The first-order valence-electron chi connectivity index (χ1n) is 9.40. The van der Waals surface area contributed by atoms with Gasteiger partial charge in [0.25, 0.3) is 0 Å². The van der Waals surface area contributed by atoms with Crippen molar-refractivity contribution < 1.29 is 9.15 Å². The minimum Gasteiger partial charge on any atom is -0.469 e. The van der Waals surface area contributed by atoms with Gasteiger partial charge in [0.05, 0.1) is 24.2 Å². The molecule has 1 aliphatic heterocycles. The number of furan rings is 1. The molecular weight excluding hydrogens is 338 g/mol. The van der Waals surface area contributed by atoms with Gasteiger partial charge in [-0.05, 0) is 39.3 Å². The minimum absolute atomic E-state index is 0.160. The highest BCUT2D eigenvalue weighted by Gasteiger charge is 2.25. The number of rotatable bonds is 3. The van der Waals surface area contributed by atoms with Gasteiger partial charge in [-0.15, -0.1) is 0 Å². The largest absolute Gasteiger partial charge is 0.469 e. The highest BCUT2D eigenvalue weighted by molar-refractivity contribution is 5.81. The highest BCUT2D eigenvalue weighted by Crippen LogP contribution is 2.34. The number of nitrogens with zero attached hydrogens (tertiary/aromatic N) is 3. The van der Waals surface area contributed by atoms with Gasteiger partial charge in [-0.25, -0.2) is 9.97 Å². The second kappa shape index (κ2) is 7.16. The summed E-state index contributed by atoms with van der Waals surface area (Å²) in [5, 5.41) is 0. The third kappa shape index (κ3) is 3.60. The van der Waals surface area contributed by atoms with Crippen molar-refractivity contribution >= 4 is 5.95 Å². The van der Waals surface area contributed by atoms with E-state index >= 15 is 0 Å². The lowest BCUT2D eigenvalue weighted by atomic mass is 10.00. The molecule has 4 rings (SSSR count). The molecule has 0 saturated carbocycles. The van der Waals surface area contributed by atoms with Crippen molar-refractivity contribution in [1.82, 2.24) is 9.97 Å². The molecule has 0 bridgehead atoms. The van der Waals surface area contributed by atoms with Gasteiger partial charge in [-0.2, -0.15) is 0 Å². The summed E-state index contributed by atoms with van der Waals surface area (Å²) in [5.41, 5.74) is 5.25. The van der Waals surface area contributed by atoms with Crippen molar-refractivity contribution in [1.29, 1.82) is 0 Å². The van der Waals surface area contributed by atoms with E-state index in [0.717, 1.165) is 47.2 Å². The quantitative estimate of drug-likeness (QED) is 0.679. The number of morpholine rings is 1. The lowest BCUT2D eigenvalue weighted by Crippen LogP contribution is -2.46. The standard InChI is InChI=1S/C22H25N3O2/c1-14-6-5-7-18(10-14)20-11-23-22(25-12-15(2)27-16(3)13-25)24-21(20)19-8-9-26-17(19)4/h5-11,15-16H,12-13H2,1-4H3/t15-,16-/m0/s1. The van der Waals surface area contributed by atoms with Crippen LogP contribution in [0.25, 0.3) is 22.4 Å². The van der Waals surface area contributed by atoms with Crippen LogP contribution in [0, 0.1) is 13.8 Å². The molecule has 3 heterocycles. The zero-order valence-electron chi connectivity index (χ0n) is 16.3. The summed E-state index contributed by atoms with van der Waals surface area (Å²) in [6.45, 7) is 9.82. The van der Waals surface area contributed by atoms with E-state index < -0.39 is 0 Å². The fourth-order valence-electron chi connectivity index (χ4n) is 3.73. The van der Waals surface area contributed by atoms with Crippen molar-refractivity contribution in [3.63, 3.8) is 0 Å². The molecule has 0 aliphatic carbocycles. The molecule has 2 aromatic heterocycles. The van der Waals surface area contributed by atoms with E-state index in [-0.39, 0.29) is 12.2 Å². The zero-order chi connectivity index (χ0) is 19.0. The van der Waals surface area contributed by atoms with E-state index in [4.69, 9.17) is 19.1 Å². The first-order chi connectivity index (χ1) is 13.0. The lowest BCUT2D eigenvalue weighted by Gasteiger charge is -2.35. The van der Waals surface area contributed by atoms with Gasteiger partial charge in [-0.3, -0.25) is 0 Å². The van der Waals surface area contributed by atoms with E-state index in [1.54, 1.807) is 6.26 Å². The van der Waals surface area contributed by atoms with Crippen molar-refractivity contribution in [2.45, 2.75) is 39.9 Å². The molecule has 140 valence electrons. The Morgan fingerprint density at radius 3 is 2.48 bits per heavy atom. The van der Waals surface area contributed by atoms with Crippen LogP contribution in [0.1, 0.15) is 25.2 Å². The van der Waals surface area contributed by atoms with Crippen molar-refractivity contribution in [3.05, 3.63) is 54.1 Å². The molecule has 0 unspecified atom stereocenters. The maximum absolute atomic E-state index is 5.85. The molecule has 5 nitrogen and oxygen atoms in total. The topological polar surface area (TPSA) is 51.4 Å². The minimum atomic E-state index is 0.160. The maximum Gasteiger partial charge on any atom is 0.226 e. The molecular formula is C22H25N3O2. The number of benzene rings is 1. The van der Waals surface area contributed by atoms with Crippen molar-refractivity contribution in [2.75, 3.05) is 18.0 Å². The van der Waals surface area contributed by atoms with Gasteiger partial charge >= 0.3 is 0 Å². The number of aromatic nitrogens is 2. The molecule has 1 aliphatic rings. The van der Waals surface area contributed by atoms with Gasteiger partial charge in [0, 0.05) is 30.4 Å². The molecule has 5 heteroatoms. The summed E-state index contributed by atoms with van der Waals surface area (Å²) in [6, 6.07) is 10.4. The van der Waals surface area contributed by atoms with Crippen molar-refractivity contribution in [2.24, 2.45) is 0 Å². The molecule has 1 aromatic carbocycles. The van der Waals surface area contributed by atoms with Crippen LogP contribution in [0.2, 0.25) is 0 Å². The third-order valence-electron chi connectivity index (χ3n) is 4.92. The highest BCUT2D eigenvalue weighted by atomic mass is 16.5. The average Bonchev–Trinajstić information content (AvgIpc) is 3.06. The molecule has 0 amide bonds. The van der Waals surface area contributed by atoms with Crippen LogP contribution < -0.4 is 4.90 Å². The van der Waals surface area contributed by atoms with Crippen LogP contribution in [-0.4, -0.2) is 35.3 Å². The first-order valence-corrected chi connectivity index (χ1v) is 9.40. The Labute approximate surface area is 160 Å². The fraction of sp³-hybridized carbons (Fsp3) is 0.364. The van der Waals surface area contributed by atoms with E-state index in [2.05, 4.69) is 49.9 Å². The molecule has 0 spiro atoms. The van der Waals surface area contributed by atoms with Gasteiger partial charge in [0.2, 0.25) is 5.95 Å². The molecule has 2 atom stereocenters. The fourth-order valence-corrected chi connectivity index (χ4v) is 3.73. The van der Waals surface area contributed by atoms with Gasteiger partial charge in [0.15, 0.2) is 0 Å². The van der Waals surface area contributed by atoms with Crippen LogP contribution in [-0.2, 0) is 4.74 Å². The van der Waals surface area contributed by atoms with Crippen LogP contribution >= 0.6 is 0 Å². The number of ether oxygens (including phenoxy) is 1. The summed E-state index contributed by atoms with van der Waals surface area (Å²) in [7, 11) is 0. The molecule has 0 radical (unpaired) electrons. The van der Waals surface area contributed by atoms with E-state index in [0.29, 0.717) is 0 Å². The van der Waals surface area contributed by atoms with E-state index in [9.17, 15) is 0 Å². The smallest absolute Gasteiger partial charge is 0.226 e. The zero-order valence-corrected chi connectivity index (χ0v) is 16.3. The van der Waals surface area contributed by atoms with Gasteiger partial charge < -0.3 is 14.1 Å². The summed E-state index contributed by atoms with van der Waals surface area (Å²) in [5.74, 6) is 1.60. The monoisotopic (exact) mass is 363 g/mol. The Morgan fingerprint density at radius 1 is 1.04 bits per heavy atom. The molecule has 1 saturated heterocycles. The molecule has 27 heavy (non-hydrogen) atoms. The average molecular weight is 363 g/mol. The maximum atomic E-state index is 5.85. The second-order valence-electron chi connectivity index (χ2n) is 7.35. The number of aryl methyl sites for hydroxylation is 2. The Morgan fingerprint density at radius 2 is 1.81 bits per heavy atom. The summed E-state index contributed by atoms with van der Waals surface area (Å²) < 4.78 is 11.4. The number of hydrogen-bond donors (Lipinski definition) is 0. The normalized spacial score (nSPS) is 20.1. The van der Waals surface area contributed by atoms with Crippen molar-refractivity contribution in [3.8, 4) is 22.4 Å². The van der Waals surface area contributed by atoms with Crippen LogP contribution in [0.4, 0.5) is 5.95 Å². The Bertz CT molecular complexity index is 940. The summed E-state index contributed by atoms with van der Waals surface area (Å²) in [4.78, 5) is 11.9. The Kier molecular flexibility index (Phi) is 4.70. The summed E-state index contributed by atoms with van der Waals surface area (Å²) in [6.07, 6.45) is 3.97. The third-order valence-corrected chi connectivity index (χ3v) is 4.92. The predicted molar refractivity (Wildman–Crippen MR) is 107 cm³/mol. The predicted octanol–water partition coefficient (Wildman–Crippen LogP) is 4.63. The van der Waals surface area contributed by atoms with Crippen LogP contribution in [0.3, 0.4) is 0 Å². The lowest BCUT2D eigenvalue weighted by molar-refractivity contribution is -0.00571. The SMILES string of the molecule is Cc1cccc(-c2cnc(N3C[C@H](C)O[C@@H](C)C3)nc2-c2ccoc2C)c1. The van der Waals surface area contributed by atoms with E-state index in [1.807, 2.05) is 19.2 Å². The van der Waals surface area contributed by atoms with Gasteiger partial charge in [0.1, 0.15) is 5.76 Å².